The van der Waals surface area contributed by atoms with Crippen LogP contribution in [0.25, 0.3) is 94.7 Å². The molecule has 0 fully saturated rings. The molecule has 3 heterocycles. The fraction of sp³-hybridized carbons (Fsp3) is 0. The lowest BCUT2D eigenvalue weighted by Crippen LogP contribution is -2.00. The van der Waals surface area contributed by atoms with Crippen molar-refractivity contribution < 1.29 is 15.4 Å². The highest BCUT2D eigenvalue weighted by molar-refractivity contribution is 6.21. The Kier molecular flexibility index (Phi) is 4.83. The lowest BCUT2D eigenvalue weighted by molar-refractivity contribution is 0.671. The number of rotatable bonds is 5. The average Bonchev–Trinajstić information content (AvgIpc) is 3.80. The molecule has 5 nitrogen and oxygen atoms in total. The second-order valence-corrected chi connectivity index (χ2v) is 11.8. The fourth-order valence-electron chi connectivity index (χ4n) is 6.53. The molecule has 0 saturated heterocycles. The topological polar surface area (TPSA) is 56.7 Å². The van der Waals surface area contributed by atoms with Gasteiger partial charge in [-0.15, -0.1) is 0 Å². The van der Waals surface area contributed by atoms with Gasteiger partial charge in [-0.05, 0) is 47.5 Å². The predicted octanol–water partition coefficient (Wildman–Crippen LogP) is 11.5. The smallest absolute Gasteiger partial charge is 0.164 e. The van der Waals surface area contributed by atoms with Crippen LogP contribution in [0.4, 0.5) is 0 Å². The first-order valence-corrected chi connectivity index (χ1v) is 16.1. The molecule has 0 atom stereocenters. The van der Waals surface area contributed by atoms with Gasteiger partial charge in [-0.1, -0.05) is 133 Å². The standard InChI is InChI=1S/C45H28N4O/c1-3-13-29(14-4-1)43-46-44(30-15-5-2-6-16-30)48-45(47-43)33-19-11-17-31(27-33)32-18-12-20-34(28-32)49-39-23-9-7-21-35(39)37-25-26-38-36-22-8-10-24-40(36)50-42(38)41(37)49/h1-28H/i11D,12D,17D,18D,19D,20D,27D,28D. The molecule has 10 aromatic rings. The summed E-state index contributed by atoms with van der Waals surface area (Å²) in [6, 6.07) is 33.3. The first-order valence-electron chi connectivity index (χ1n) is 20.1. The molecule has 0 aliphatic carbocycles. The maximum atomic E-state index is 9.80. The van der Waals surface area contributed by atoms with E-state index in [4.69, 9.17) is 24.9 Å². The number of fused-ring (bicyclic) bond motifs is 7. The Morgan fingerprint density at radius 3 is 1.76 bits per heavy atom. The summed E-state index contributed by atoms with van der Waals surface area (Å²) >= 11 is 0. The zero-order valence-corrected chi connectivity index (χ0v) is 26.2. The molecule has 0 spiro atoms. The molecule has 10 rings (SSSR count). The number of aromatic nitrogens is 4. The van der Waals surface area contributed by atoms with Crippen molar-refractivity contribution in [2.75, 3.05) is 0 Å². The zero-order valence-electron chi connectivity index (χ0n) is 34.2. The third-order valence-corrected chi connectivity index (χ3v) is 8.81. The minimum Gasteiger partial charge on any atom is -0.454 e. The molecule has 0 bridgehead atoms. The summed E-state index contributed by atoms with van der Waals surface area (Å²) in [6.45, 7) is 0. The predicted molar refractivity (Wildman–Crippen MR) is 203 cm³/mol. The van der Waals surface area contributed by atoms with Crippen LogP contribution < -0.4 is 0 Å². The number of benzene rings is 7. The highest BCUT2D eigenvalue weighted by Crippen LogP contribution is 2.40. The Morgan fingerprint density at radius 2 is 1.02 bits per heavy atom. The molecular formula is C45H28N4O. The van der Waals surface area contributed by atoms with Crippen LogP contribution in [-0.2, 0) is 0 Å². The van der Waals surface area contributed by atoms with Gasteiger partial charge in [-0.3, -0.25) is 0 Å². The van der Waals surface area contributed by atoms with E-state index in [1.165, 1.54) is 0 Å². The maximum Gasteiger partial charge on any atom is 0.164 e. The summed E-state index contributed by atoms with van der Waals surface area (Å²) < 4.78 is 82.4. The van der Waals surface area contributed by atoms with Crippen LogP contribution in [-0.4, -0.2) is 19.5 Å². The summed E-state index contributed by atoms with van der Waals surface area (Å²) in [4.78, 5) is 14.1. The minimum absolute atomic E-state index is 0.0603. The van der Waals surface area contributed by atoms with E-state index in [9.17, 15) is 5.48 Å². The summed E-state index contributed by atoms with van der Waals surface area (Å²) in [6.07, 6.45) is 0. The quantitative estimate of drug-likeness (QED) is 0.186. The molecule has 0 N–H and O–H groups in total. The summed E-state index contributed by atoms with van der Waals surface area (Å²) in [5, 5.41) is 3.27. The van der Waals surface area contributed by atoms with E-state index in [0.29, 0.717) is 33.3 Å². The van der Waals surface area contributed by atoms with Crippen molar-refractivity contribution in [2.45, 2.75) is 0 Å². The summed E-state index contributed by atoms with van der Waals surface area (Å²) in [5.41, 5.74) is 2.72. The average molecular weight is 649 g/mol. The molecule has 7 aromatic carbocycles. The van der Waals surface area contributed by atoms with Crippen molar-refractivity contribution in [3.8, 4) is 51.0 Å². The largest absolute Gasteiger partial charge is 0.454 e. The lowest BCUT2D eigenvalue weighted by atomic mass is 10.0. The van der Waals surface area contributed by atoms with Crippen LogP contribution >= 0.6 is 0 Å². The third kappa shape index (κ3) is 4.60. The van der Waals surface area contributed by atoms with Gasteiger partial charge in [0.25, 0.3) is 0 Å². The van der Waals surface area contributed by atoms with E-state index < -0.39 is 48.3 Å². The first kappa shape index (κ1) is 21.2. The lowest BCUT2D eigenvalue weighted by Gasteiger charge is -2.12. The Bertz CT molecular complexity index is 3270. The molecule has 5 heteroatoms. The van der Waals surface area contributed by atoms with Gasteiger partial charge >= 0.3 is 0 Å². The maximum absolute atomic E-state index is 9.80. The van der Waals surface area contributed by atoms with Gasteiger partial charge in [0.2, 0.25) is 0 Å². The van der Waals surface area contributed by atoms with E-state index in [2.05, 4.69) is 0 Å². The summed E-state index contributed by atoms with van der Waals surface area (Å²) in [5.74, 6) is 0.408. The van der Waals surface area contributed by atoms with E-state index in [-0.39, 0.29) is 39.9 Å². The third-order valence-electron chi connectivity index (χ3n) is 8.81. The van der Waals surface area contributed by atoms with E-state index in [1.54, 1.807) is 4.57 Å². The van der Waals surface area contributed by atoms with Gasteiger partial charge in [0.1, 0.15) is 5.58 Å². The Balaban J connectivity index is 1.29. The monoisotopic (exact) mass is 648 g/mol. The second kappa shape index (κ2) is 11.4. The van der Waals surface area contributed by atoms with Gasteiger partial charge in [-0.2, -0.15) is 0 Å². The van der Waals surface area contributed by atoms with Gasteiger partial charge in [-0.25, -0.2) is 15.0 Å². The van der Waals surface area contributed by atoms with Crippen molar-refractivity contribution in [1.29, 1.82) is 0 Å². The molecule has 0 radical (unpaired) electrons. The van der Waals surface area contributed by atoms with Gasteiger partial charge < -0.3 is 8.98 Å². The van der Waals surface area contributed by atoms with Crippen molar-refractivity contribution in [3.05, 3.63) is 170 Å². The molecule has 234 valence electrons. The van der Waals surface area contributed by atoms with Gasteiger partial charge in [0.15, 0.2) is 23.1 Å². The normalized spacial score (nSPS) is 13.8. The minimum atomic E-state index is -0.577. The van der Waals surface area contributed by atoms with Crippen molar-refractivity contribution in [2.24, 2.45) is 0 Å². The SMILES string of the molecule is [2H]c1c([2H])c(-c2nc(-c3ccccc3)nc(-c3ccccc3)n2)c([2H])c(-c2c([2H])c([2H])c([2H])c(-n3c4ccccc4c4ccc5c6ccccc6oc5c43)c2[2H])c1[2H]. The Hall–Kier alpha value is -6.85. The zero-order chi connectivity index (χ0) is 40.0. The molecule has 3 aromatic heterocycles. The van der Waals surface area contributed by atoms with Crippen molar-refractivity contribution in [1.82, 2.24) is 19.5 Å². The highest BCUT2D eigenvalue weighted by atomic mass is 16.3. The first-order chi connectivity index (χ1) is 28.1. The highest BCUT2D eigenvalue weighted by Gasteiger charge is 2.19. The molecule has 50 heavy (non-hydrogen) atoms. The van der Waals surface area contributed by atoms with Crippen molar-refractivity contribution in [3.63, 3.8) is 0 Å². The van der Waals surface area contributed by atoms with Crippen LogP contribution in [0.5, 0.6) is 0 Å². The molecule has 0 saturated carbocycles. The van der Waals surface area contributed by atoms with Crippen LogP contribution in [0.15, 0.2) is 174 Å². The van der Waals surface area contributed by atoms with Gasteiger partial charge in [0, 0.05) is 43.9 Å². The molecule has 0 amide bonds. The van der Waals surface area contributed by atoms with Crippen LogP contribution in [0, 0.1) is 0 Å². The van der Waals surface area contributed by atoms with Crippen molar-refractivity contribution >= 4 is 43.7 Å². The molecule has 0 aliphatic rings. The fourth-order valence-corrected chi connectivity index (χ4v) is 6.53. The number of hydrogen-bond acceptors (Lipinski definition) is 4. The molecule has 0 unspecified atom stereocenters. The van der Waals surface area contributed by atoms with Crippen LogP contribution in [0.3, 0.4) is 0 Å². The second-order valence-electron chi connectivity index (χ2n) is 11.8. The Labute approximate surface area is 299 Å². The number of para-hydroxylation sites is 2. The molecule has 0 aliphatic heterocycles. The van der Waals surface area contributed by atoms with Crippen LogP contribution in [0.2, 0.25) is 0 Å². The van der Waals surface area contributed by atoms with E-state index in [1.807, 2.05) is 121 Å². The van der Waals surface area contributed by atoms with Gasteiger partial charge in [0.05, 0.1) is 22.0 Å². The molecular weight excluding hydrogens is 613 g/mol. The van der Waals surface area contributed by atoms with E-state index in [0.717, 1.165) is 21.5 Å². The van der Waals surface area contributed by atoms with Crippen LogP contribution in [0.1, 0.15) is 11.0 Å². The number of hydrogen-bond donors (Lipinski definition) is 0. The summed E-state index contributed by atoms with van der Waals surface area (Å²) in [7, 11) is 0. The number of furan rings is 1. The number of nitrogens with zero attached hydrogens (tertiary/aromatic N) is 4. The van der Waals surface area contributed by atoms with E-state index >= 15 is 0 Å². The Morgan fingerprint density at radius 1 is 0.460 bits per heavy atom.